The van der Waals surface area contributed by atoms with Crippen LogP contribution in [-0.2, 0) is 14.8 Å². The van der Waals surface area contributed by atoms with Gasteiger partial charge in [0.1, 0.15) is 0 Å². The molecule has 0 fully saturated rings. The van der Waals surface area contributed by atoms with E-state index in [-0.39, 0.29) is 23.3 Å². The minimum Gasteiger partial charge on any atom is -0.396 e. The molecule has 22 heavy (non-hydrogen) atoms. The van der Waals surface area contributed by atoms with Crippen molar-refractivity contribution < 1.29 is 18.3 Å². The van der Waals surface area contributed by atoms with Gasteiger partial charge in [0.25, 0.3) is 0 Å². The topological polar surface area (TPSA) is 95.5 Å². The van der Waals surface area contributed by atoms with Gasteiger partial charge in [-0.15, -0.1) is 0 Å². The first kappa shape index (κ1) is 20.6. The first-order chi connectivity index (χ1) is 10.4. The van der Waals surface area contributed by atoms with Crippen molar-refractivity contribution in [2.75, 3.05) is 19.0 Å². The largest absolute Gasteiger partial charge is 0.396 e. The van der Waals surface area contributed by atoms with Crippen molar-refractivity contribution >= 4 is 21.6 Å². The molecule has 0 saturated carbocycles. The Morgan fingerprint density at radius 2 is 1.77 bits per heavy atom. The fraction of sp³-hybridized carbons (Fsp3) is 0.533. The molecule has 0 heterocycles. The van der Waals surface area contributed by atoms with E-state index in [1.165, 1.54) is 31.3 Å². The van der Waals surface area contributed by atoms with Gasteiger partial charge in [-0.3, -0.25) is 4.79 Å². The van der Waals surface area contributed by atoms with Crippen LogP contribution in [0.3, 0.4) is 0 Å². The summed E-state index contributed by atoms with van der Waals surface area (Å²) in [6.07, 6.45) is 1.05. The zero-order chi connectivity index (χ0) is 17.2. The number of hydrogen-bond donors (Lipinski definition) is 3. The van der Waals surface area contributed by atoms with E-state index in [1.807, 2.05) is 20.8 Å². The second-order valence-electron chi connectivity index (χ2n) is 4.34. The summed E-state index contributed by atoms with van der Waals surface area (Å²) in [4.78, 5) is 12.1. The molecule has 0 aliphatic rings. The van der Waals surface area contributed by atoms with Crippen molar-refractivity contribution in [2.24, 2.45) is 5.92 Å². The zero-order valence-electron chi connectivity index (χ0n) is 13.6. The Balaban J connectivity index is 0.00000211. The summed E-state index contributed by atoms with van der Waals surface area (Å²) in [5.74, 6) is -0.425. The molecule has 1 amide bonds. The van der Waals surface area contributed by atoms with Gasteiger partial charge in [0.05, 0.1) is 4.90 Å². The summed E-state index contributed by atoms with van der Waals surface area (Å²) in [5.41, 5.74) is 0.529. The second-order valence-corrected chi connectivity index (χ2v) is 6.23. The summed E-state index contributed by atoms with van der Waals surface area (Å²) in [5, 5.41) is 11.6. The highest BCUT2D eigenvalue weighted by Gasteiger charge is 2.16. The van der Waals surface area contributed by atoms with E-state index in [1.54, 1.807) is 0 Å². The number of sulfonamides is 1. The molecule has 0 radical (unpaired) electrons. The number of rotatable bonds is 7. The number of carbonyl (C=O) groups is 1. The summed E-state index contributed by atoms with van der Waals surface area (Å²) in [6.45, 7) is 5.84. The van der Waals surface area contributed by atoms with Crippen LogP contribution in [0.5, 0.6) is 0 Å². The normalized spacial score (nSPS) is 12.0. The molecule has 1 rings (SSSR count). The average molecular weight is 330 g/mol. The predicted octanol–water partition coefficient (Wildman–Crippen LogP) is 1.97. The highest BCUT2D eigenvalue weighted by atomic mass is 32.2. The van der Waals surface area contributed by atoms with Crippen LogP contribution < -0.4 is 10.0 Å². The van der Waals surface area contributed by atoms with Crippen LogP contribution in [0.2, 0.25) is 0 Å². The highest BCUT2D eigenvalue weighted by Crippen LogP contribution is 2.16. The summed E-state index contributed by atoms with van der Waals surface area (Å²) >= 11 is 0. The number of amides is 1. The first-order valence-electron chi connectivity index (χ1n) is 7.40. The van der Waals surface area contributed by atoms with Crippen LogP contribution in [0.15, 0.2) is 29.2 Å². The minimum absolute atomic E-state index is 0.0364. The molecule has 0 bridgehead atoms. The Morgan fingerprint density at radius 3 is 2.18 bits per heavy atom. The molecular weight excluding hydrogens is 304 g/mol. The predicted molar refractivity (Wildman–Crippen MR) is 88.1 cm³/mol. The van der Waals surface area contributed by atoms with Crippen molar-refractivity contribution in [3.63, 3.8) is 0 Å². The van der Waals surface area contributed by atoms with Crippen molar-refractivity contribution in [1.29, 1.82) is 0 Å². The van der Waals surface area contributed by atoms with Crippen molar-refractivity contribution in [3.05, 3.63) is 24.3 Å². The minimum atomic E-state index is -3.47. The summed E-state index contributed by atoms with van der Waals surface area (Å²) in [7, 11) is -2.13. The van der Waals surface area contributed by atoms with Crippen LogP contribution in [0.1, 0.15) is 33.6 Å². The van der Waals surface area contributed by atoms with Gasteiger partial charge >= 0.3 is 0 Å². The fourth-order valence-corrected chi connectivity index (χ4v) is 2.49. The van der Waals surface area contributed by atoms with Crippen LogP contribution in [0.4, 0.5) is 5.69 Å². The van der Waals surface area contributed by atoms with Crippen molar-refractivity contribution in [2.45, 2.75) is 38.5 Å². The van der Waals surface area contributed by atoms with Gasteiger partial charge in [-0.05, 0) is 44.2 Å². The SMILES string of the molecule is CC.CCC(CCO)C(=O)Nc1ccc(S(=O)(=O)NC)cc1. The van der Waals surface area contributed by atoms with Gasteiger partial charge in [0.2, 0.25) is 15.9 Å². The van der Waals surface area contributed by atoms with Gasteiger partial charge in [0.15, 0.2) is 0 Å². The molecule has 0 saturated heterocycles. The Kier molecular flexibility index (Phi) is 9.64. The van der Waals surface area contributed by atoms with E-state index in [0.29, 0.717) is 18.5 Å². The van der Waals surface area contributed by atoms with Crippen LogP contribution in [0, 0.1) is 5.92 Å². The number of aliphatic hydroxyl groups is 1. The molecule has 1 unspecified atom stereocenters. The number of anilines is 1. The van der Waals surface area contributed by atoms with Crippen molar-refractivity contribution in [1.82, 2.24) is 4.72 Å². The molecule has 7 heteroatoms. The Bertz CT molecular complexity index is 541. The third-order valence-corrected chi connectivity index (χ3v) is 4.47. The summed E-state index contributed by atoms with van der Waals surface area (Å²) < 4.78 is 25.3. The van der Waals surface area contributed by atoms with Gasteiger partial charge in [-0.25, -0.2) is 13.1 Å². The number of carbonyl (C=O) groups excluding carboxylic acids is 1. The van der Waals surface area contributed by atoms with Gasteiger partial charge in [-0.1, -0.05) is 20.8 Å². The summed E-state index contributed by atoms with van der Waals surface area (Å²) in [6, 6.07) is 5.92. The van der Waals surface area contributed by atoms with Gasteiger partial charge in [0, 0.05) is 18.2 Å². The average Bonchev–Trinajstić information content (AvgIpc) is 2.54. The quantitative estimate of drug-likeness (QED) is 0.712. The molecule has 1 atom stereocenters. The molecular formula is C15H26N2O4S. The van der Waals surface area contributed by atoms with E-state index in [0.717, 1.165) is 0 Å². The fourth-order valence-electron chi connectivity index (χ4n) is 1.76. The standard InChI is InChI=1S/C13H20N2O4S.C2H6/c1-3-10(8-9-16)13(17)15-11-4-6-12(7-5-11)20(18,19)14-2;1-2/h4-7,10,14,16H,3,8-9H2,1-2H3,(H,15,17);1-2H3. The molecule has 126 valence electrons. The third kappa shape index (κ3) is 6.13. The number of benzene rings is 1. The van der Waals surface area contributed by atoms with E-state index in [9.17, 15) is 13.2 Å². The molecule has 1 aromatic carbocycles. The number of hydrogen-bond acceptors (Lipinski definition) is 4. The first-order valence-corrected chi connectivity index (χ1v) is 8.88. The Morgan fingerprint density at radius 1 is 1.23 bits per heavy atom. The Labute approximate surface area is 133 Å². The molecule has 3 N–H and O–H groups in total. The number of nitrogens with one attached hydrogen (secondary N) is 2. The molecule has 6 nitrogen and oxygen atoms in total. The van der Waals surface area contributed by atoms with E-state index >= 15 is 0 Å². The smallest absolute Gasteiger partial charge is 0.240 e. The Hall–Kier alpha value is -1.44. The van der Waals surface area contributed by atoms with Crippen molar-refractivity contribution in [3.8, 4) is 0 Å². The van der Waals surface area contributed by atoms with E-state index < -0.39 is 10.0 Å². The monoisotopic (exact) mass is 330 g/mol. The zero-order valence-corrected chi connectivity index (χ0v) is 14.4. The molecule has 0 aromatic heterocycles. The lowest BCUT2D eigenvalue weighted by Gasteiger charge is -2.13. The molecule has 0 spiro atoms. The molecule has 1 aromatic rings. The van der Waals surface area contributed by atoms with Gasteiger partial charge in [-0.2, -0.15) is 0 Å². The molecule has 0 aliphatic heterocycles. The lowest BCUT2D eigenvalue weighted by molar-refractivity contribution is -0.120. The maximum absolute atomic E-state index is 11.9. The van der Waals surface area contributed by atoms with E-state index in [2.05, 4.69) is 10.0 Å². The van der Waals surface area contributed by atoms with Crippen LogP contribution in [-0.4, -0.2) is 33.1 Å². The second kappa shape index (κ2) is 10.3. The highest BCUT2D eigenvalue weighted by molar-refractivity contribution is 7.89. The maximum atomic E-state index is 11.9. The van der Waals surface area contributed by atoms with Crippen LogP contribution in [0.25, 0.3) is 0 Å². The number of aliphatic hydroxyl groups excluding tert-OH is 1. The lowest BCUT2D eigenvalue weighted by atomic mass is 10.0. The van der Waals surface area contributed by atoms with Gasteiger partial charge < -0.3 is 10.4 Å². The van der Waals surface area contributed by atoms with E-state index in [4.69, 9.17) is 5.11 Å². The third-order valence-electron chi connectivity index (χ3n) is 3.04. The lowest BCUT2D eigenvalue weighted by Crippen LogP contribution is -2.23. The molecule has 0 aliphatic carbocycles. The van der Waals surface area contributed by atoms with Crippen LogP contribution >= 0.6 is 0 Å². The maximum Gasteiger partial charge on any atom is 0.240 e.